The minimum absolute atomic E-state index is 0.308. The first-order valence-corrected chi connectivity index (χ1v) is 7.81. The molecule has 0 aliphatic heterocycles. The Morgan fingerprint density at radius 3 is 2.90 bits per heavy atom. The van der Waals surface area contributed by atoms with Crippen molar-refractivity contribution in [3.63, 3.8) is 0 Å². The van der Waals surface area contributed by atoms with Gasteiger partial charge in [-0.3, -0.25) is 0 Å². The Bertz CT molecular complexity index is 510. The van der Waals surface area contributed by atoms with Gasteiger partial charge in [-0.25, -0.2) is 9.67 Å². The molecule has 0 saturated heterocycles. The van der Waals surface area contributed by atoms with Crippen molar-refractivity contribution in [3.8, 4) is 0 Å². The summed E-state index contributed by atoms with van der Waals surface area (Å²) in [7, 11) is 0. The first-order valence-electron chi connectivity index (χ1n) is 6.93. The molecule has 110 valence electrons. The second-order valence-electron chi connectivity index (χ2n) is 4.58. The van der Waals surface area contributed by atoms with E-state index in [2.05, 4.69) is 10.1 Å². The maximum absolute atomic E-state index is 10.0. The molecule has 0 bridgehead atoms. The van der Waals surface area contributed by atoms with Crippen LogP contribution in [-0.2, 0) is 30.7 Å². The van der Waals surface area contributed by atoms with Gasteiger partial charge in [0.15, 0.2) is 5.82 Å². The van der Waals surface area contributed by atoms with Crippen molar-refractivity contribution in [3.05, 3.63) is 34.0 Å². The SMILES string of the molecule is CCc1nc(CC)n(CC(O)COCc2cccs2)n1. The third kappa shape index (κ3) is 4.13. The van der Waals surface area contributed by atoms with Crippen molar-refractivity contribution in [2.24, 2.45) is 0 Å². The highest BCUT2D eigenvalue weighted by atomic mass is 32.1. The van der Waals surface area contributed by atoms with Crippen molar-refractivity contribution < 1.29 is 9.84 Å². The standard InChI is InChI=1S/C14H21N3O2S/c1-3-13-15-14(4-2)17(16-13)8-11(18)9-19-10-12-6-5-7-20-12/h5-7,11,18H,3-4,8-10H2,1-2H3. The van der Waals surface area contributed by atoms with E-state index in [1.54, 1.807) is 16.0 Å². The fraction of sp³-hybridized carbons (Fsp3) is 0.571. The summed E-state index contributed by atoms with van der Waals surface area (Å²) in [5.41, 5.74) is 0. The van der Waals surface area contributed by atoms with Crippen LogP contribution in [0.1, 0.15) is 30.4 Å². The van der Waals surface area contributed by atoms with E-state index < -0.39 is 6.10 Å². The molecule has 0 fully saturated rings. The number of aryl methyl sites for hydroxylation is 2. The van der Waals surface area contributed by atoms with E-state index >= 15 is 0 Å². The molecule has 2 aromatic heterocycles. The zero-order valence-corrected chi connectivity index (χ0v) is 12.8. The van der Waals surface area contributed by atoms with Gasteiger partial charge in [0.25, 0.3) is 0 Å². The number of aliphatic hydroxyl groups excluding tert-OH is 1. The second kappa shape index (κ2) is 7.52. The summed E-state index contributed by atoms with van der Waals surface area (Å²) in [5.74, 6) is 1.74. The van der Waals surface area contributed by atoms with Gasteiger partial charge in [-0.15, -0.1) is 11.3 Å². The van der Waals surface area contributed by atoms with E-state index in [0.29, 0.717) is 19.8 Å². The van der Waals surface area contributed by atoms with Crippen molar-refractivity contribution in [2.45, 2.75) is 45.9 Å². The van der Waals surface area contributed by atoms with Crippen LogP contribution in [0.2, 0.25) is 0 Å². The van der Waals surface area contributed by atoms with Gasteiger partial charge in [-0.05, 0) is 11.4 Å². The van der Waals surface area contributed by atoms with Crippen molar-refractivity contribution in [1.29, 1.82) is 0 Å². The van der Waals surface area contributed by atoms with Crippen LogP contribution in [0.15, 0.2) is 17.5 Å². The smallest absolute Gasteiger partial charge is 0.150 e. The average molecular weight is 295 g/mol. The van der Waals surface area contributed by atoms with Crippen molar-refractivity contribution in [1.82, 2.24) is 14.8 Å². The maximum atomic E-state index is 10.0. The van der Waals surface area contributed by atoms with Crippen LogP contribution in [0, 0.1) is 0 Å². The number of thiophene rings is 1. The molecule has 0 aromatic carbocycles. The molecule has 0 aliphatic rings. The van der Waals surface area contributed by atoms with E-state index in [4.69, 9.17) is 4.74 Å². The predicted molar refractivity (Wildman–Crippen MR) is 78.8 cm³/mol. The van der Waals surface area contributed by atoms with Crippen molar-refractivity contribution in [2.75, 3.05) is 6.61 Å². The van der Waals surface area contributed by atoms with Gasteiger partial charge in [-0.1, -0.05) is 19.9 Å². The van der Waals surface area contributed by atoms with Gasteiger partial charge < -0.3 is 9.84 Å². The first-order chi connectivity index (χ1) is 9.72. The zero-order chi connectivity index (χ0) is 14.4. The largest absolute Gasteiger partial charge is 0.389 e. The number of nitrogens with zero attached hydrogens (tertiary/aromatic N) is 3. The summed E-state index contributed by atoms with van der Waals surface area (Å²) >= 11 is 1.66. The quantitative estimate of drug-likeness (QED) is 0.809. The van der Waals surface area contributed by atoms with E-state index in [1.807, 2.05) is 31.4 Å². The van der Waals surface area contributed by atoms with Gasteiger partial charge in [0, 0.05) is 17.7 Å². The molecule has 1 atom stereocenters. The molecule has 0 aliphatic carbocycles. The summed E-state index contributed by atoms with van der Waals surface area (Å²) in [6.45, 7) is 5.36. The summed E-state index contributed by atoms with van der Waals surface area (Å²) in [6, 6.07) is 4.02. The van der Waals surface area contributed by atoms with Crippen LogP contribution in [0.5, 0.6) is 0 Å². The fourth-order valence-electron chi connectivity index (χ4n) is 1.93. The molecule has 2 heterocycles. The first kappa shape index (κ1) is 15.2. The number of ether oxygens (including phenoxy) is 1. The summed E-state index contributed by atoms with van der Waals surface area (Å²) in [6.07, 6.45) is 1.06. The topological polar surface area (TPSA) is 60.2 Å². The van der Waals surface area contributed by atoms with Crippen LogP contribution in [-0.4, -0.2) is 32.6 Å². The third-order valence-electron chi connectivity index (χ3n) is 2.94. The van der Waals surface area contributed by atoms with Crippen LogP contribution >= 0.6 is 11.3 Å². The molecule has 0 amide bonds. The molecule has 5 nitrogen and oxygen atoms in total. The molecule has 1 unspecified atom stereocenters. The number of hydrogen-bond donors (Lipinski definition) is 1. The molecular weight excluding hydrogens is 274 g/mol. The van der Waals surface area contributed by atoms with Gasteiger partial charge in [-0.2, -0.15) is 5.10 Å². The lowest BCUT2D eigenvalue weighted by Gasteiger charge is -2.12. The minimum Gasteiger partial charge on any atom is -0.389 e. The lowest BCUT2D eigenvalue weighted by molar-refractivity contribution is 0.0191. The Morgan fingerprint density at radius 1 is 1.40 bits per heavy atom. The van der Waals surface area contributed by atoms with Crippen LogP contribution in [0.3, 0.4) is 0 Å². The van der Waals surface area contributed by atoms with Crippen LogP contribution in [0.4, 0.5) is 0 Å². The Balaban J connectivity index is 1.81. The highest BCUT2D eigenvalue weighted by Gasteiger charge is 2.12. The van der Waals surface area contributed by atoms with E-state index in [-0.39, 0.29) is 0 Å². The number of hydrogen-bond acceptors (Lipinski definition) is 5. The van der Waals surface area contributed by atoms with Gasteiger partial charge >= 0.3 is 0 Å². The highest BCUT2D eigenvalue weighted by Crippen LogP contribution is 2.10. The highest BCUT2D eigenvalue weighted by molar-refractivity contribution is 7.09. The van der Waals surface area contributed by atoms with Gasteiger partial charge in [0.05, 0.1) is 25.9 Å². The molecule has 2 aromatic rings. The Kier molecular flexibility index (Phi) is 5.70. The van der Waals surface area contributed by atoms with E-state index in [9.17, 15) is 5.11 Å². The van der Waals surface area contributed by atoms with E-state index in [1.165, 1.54) is 4.88 Å². The summed E-state index contributed by atoms with van der Waals surface area (Å²) in [4.78, 5) is 5.59. The minimum atomic E-state index is -0.563. The molecule has 20 heavy (non-hydrogen) atoms. The van der Waals surface area contributed by atoms with Crippen LogP contribution in [0.25, 0.3) is 0 Å². The molecule has 6 heteroatoms. The van der Waals surface area contributed by atoms with Gasteiger partial charge in [0.2, 0.25) is 0 Å². The number of rotatable bonds is 8. The van der Waals surface area contributed by atoms with Gasteiger partial charge in [0.1, 0.15) is 5.82 Å². The summed E-state index contributed by atoms with van der Waals surface area (Å²) in [5, 5.41) is 16.4. The monoisotopic (exact) mass is 295 g/mol. The van der Waals surface area contributed by atoms with Crippen LogP contribution < -0.4 is 0 Å². The normalized spacial score (nSPS) is 12.8. The lowest BCUT2D eigenvalue weighted by atomic mass is 10.3. The Labute approximate surface area is 123 Å². The third-order valence-corrected chi connectivity index (χ3v) is 3.79. The predicted octanol–water partition coefficient (Wildman–Crippen LogP) is 2.04. The molecule has 0 spiro atoms. The second-order valence-corrected chi connectivity index (χ2v) is 5.61. The van der Waals surface area contributed by atoms with E-state index in [0.717, 1.165) is 24.5 Å². The zero-order valence-electron chi connectivity index (χ0n) is 12.0. The van der Waals surface area contributed by atoms with Crippen molar-refractivity contribution >= 4 is 11.3 Å². The average Bonchev–Trinajstić information content (AvgIpc) is 3.08. The Hall–Kier alpha value is -1.24. The lowest BCUT2D eigenvalue weighted by Crippen LogP contribution is -2.23. The molecular formula is C14H21N3O2S. The summed E-state index contributed by atoms with van der Waals surface area (Å²) < 4.78 is 7.31. The molecule has 0 saturated carbocycles. The Morgan fingerprint density at radius 2 is 2.25 bits per heavy atom. The fourth-order valence-corrected chi connectivity index (χ4v) is 2.57. The number of aromatic nitrogens is 3. The number of aliphatic hydroxyl groups is 1. The molecule has 2 rings (SSSR count). The maximum Gasteiger partial charge on any atom is 0.150 e. The molecule has 1 N–H and O–H groups in total. The molecule has 0 radical (unpaired) electrons.